The highest BCUT2D eigenvalue weighted by Crippen LogP contribution is 2.31. The molecule has 3 rings (SSSR count). The lowest BCUT2D eigenvalue weighted by atomic mass is 10.0. The number of hydrogen-bond acceptors (Lipinski definition) is 5. The molecule has 0 aromatic heterocycles. The van der Waals surface area contributed by atoms with Crippen LogP contribution in [0.1, 0.15) is 38.8 Å². The minimum Gasteiger partial charge on any atom is -0.488 e. The lowest BCUT2D eigenvalue weighted by molar-refractivity contribution is -0.137. The second kappa shape index (κ2) is 13.8. The Balaban J connectivity index is 1.83. The number of carbonyl (C=O) groups excluding carboxylic acids is 3. The van der Waals surface area contributed by atoms with E-state index in [1.54, 1.807) is 30.0 Å². The first-order valence-electron chi connectivity index (χ1n) is 13.6. The van der Waals surface area contributed by atoms with Crippen molar-refractivity contribution in [3.63, 3.8) is 0 Å². The lowest BCUT2D eigenvalue weighted by Gasteiger charge is -2.34. The number of urea groups is 2. The molecule has 2 aromatic carbocycles. The van der Waals surface area contributed by atoms with Gasteiger partial charge in [-0.1, -0.05) is 6.92 Å². The Hall–Kier alpha value is -4.00. The summed E-state index contributed by atoms with van der Waals surface area (Å²) in [4.78, 5) is 41.4. The maximum absolute atomic E-state index is 13.3. The number of hydrogen-bond donors (Lipinski definition) is 4. The van der Waals surface area contributed by atoms with Crippen LogP contribution < -0.4 is 20.7 Å². The Kier molecular flexibility index (Phi) is 10.7. The van der Waals surface area contributed by atoms with Gasteiger partial charge in [0, 0.05) is 42.5 Å². The number of ether oxygens (including phenoxy) is 1. The molecule has 10 nitrogen and oxygen atoms in total. The molecule has 5 amide bonds. The number of fused-ring (bicyclic) bond motifs is 1. The summed E-state index contributed by atoms with van der Waals surface area (Å²) in [5.41, 5.74) is 0.356. The lowest BCUT2D eigenvalue weighted by Crippen LogP contribution is -2.48. The van der Waals surface area contributed by atoms with Crippen LogP contribution in [0.3, 0.4) is 0 Å². The van der Waals surface area contributed by atoms with Gasteiger partial charge in [0.25, 0.3) is 0 Å². The first kappa shape index (κ1) is 32.5. The van der Waals surface area contributed by atoms with Crippen LogP contribution in [0.15, 0.2) is 42.5 Å². The minimum absolute atomic E-state index is 0.0370. The molecule has 13 heteroatoms. The van der Waals surface area contributed by atoms with Gasteiger partial charge >= 0.3 is 18.2 Å². The van der Waals surface area contributed by atoms with E-state index in [9.17, 15) is 32.7 Å². The van der Waals surface area contributed by atoms with Gasteiger partial charge in [0.2, 0.25) is 5.91 Å². The smallest absolute Gasteiger partial charge is 0.416 e. The monoisotopic (exact) mass is 593 g/mol. The number of benzene rings is 2. The van der Waals surface area contributed by atoms with Crippen molar-refractivity contribution in [1.82, 2.24) is 15.1 Å². The van der Waals surface area contributed by atoms with Crippen LogP contribution in [-0.2, 0) is 17.4 Å². The van der Waals surface area contributed by atoms with Crippen LogP contribution in [0.25, 0.3) is 0 Å². The van der Waals surface area contributed by atoms with Gasteiger partial charge in [-0.3, -0.25) is 4.79 Å². The third-order valence-electron chi connectivity index (χ3n) is 6.86. The van der Waals surface area contributed by atoms with Crippen molar-refractivity contribution < 1.29 is 37.4 Å². The number of rotatable bonds is 7. The quantitative estimate of drug-likeness (QED) is 0.375. The van der Waals surface area contributed by atoms with E-state index in [-0.39, 0.29) is 49.7 Å². The fourth-order valence-corrected chi connectivity index (χ4v) is 4.47. The summed E-state index contributed by atoms with van der Waals surface area (Å²) in [6.45, 7) is 7.34. The maximum atomic E-state index is 13.3. The number of nitrogens with one attached hydrogen (secondary N) is 3. The topological polar surface area (TPSA) is 123 Å². The summed E-state index contributed by atoms with van der Waals surface area (Å²) >= 11 is 0. The molecule has 0 aliphatic carbocycles. The van der Waals surface area contributed by atoms with Crippen LogP contribution >= 0.6 is 0 Å². The fourth-order valence-electron chi connectivity index (χ4n) is 4.47. The molecule has 1 aliphatic rings. The van der Waals surface area contributed by atoms with Crippen molar-refractivity contribution in [3.8, 4) is 5.75 Å². The average molecular weight is 594 g/mol. The Morgan fingerprint density at radius 2 is 1.74 bits per heavy atom. The Bertz CT molecular complexity index is 1260. The summed E-state index contributed by atoms with van der Waals surface area (Å²) in [7, 11) is 1.53. The summed E-state index contributed by atoms with van der Waals surface area (Å²) in [5, 5.41) is 17.9. The molecule has 0 saturated heterocycles. The zero-order valence-corrected chi connectivity index (χ0v) is 24.3. The Labute approximate surface area is 243 Å². The second-order valence-corrected chi connectivity index (χ2v) is 10.8. The van der Waals surface area contributed by atoms with E-state index >= 15 is 0 Å². The van der Waals surface area contributed by atoms with Crippen LogP contribution in [0.4, 0.5) is 34.1 Å². The van der Waals surface area contributed by atoms with Gasteiger partial charge in [0.1, 0.15) is 11.9 Å². The van der Waals surface area contributed by atoms with Crippen molar-refractivity contribution in [2.45, 2.75) is 58.5 Å². The highest BCUT2D eigenvalue weighted by atomic mass is 19.4. The second-order valence-electron chi connectivity index (χ2n) is 10.8. The first-order valence-corrected chi connectivity index (χ1v) is 13.6. The number of halogens is 3. The first-order chi connectivity index (χ1) is 19.7. The van der Waals surface area contributed by atoms with E-state index in [4.69, 9.17) is 4.74 Å². The van der Waals surface area contributed by atoms with Crippen molar-refractivity contribution in [2.75, 3.05) is 37.4 Å². The van der Waals surface area contributed by atoms with E-state index in [0.29, 0.717) is 17.0 Å². The zero-order valence-electron chi connectivity index (χ0n) is 24.3. The van der Waals surface area contributed by atoms with E-state index in [2.05, 4.69) is 16.0 Å². The molecule has 3 atom stereocenters. The molecule has 2 aromatic rings. The van der Waals surface area contributed by atoms with Gasteiger partial charge < -0.3 is 35.6 Å². The Morgan fingerprint density at radius 1 is 1.10 bits per heavy atom. The predicted molar refractivity (Wildman–Crippen MR) is 152 cm³/mol. The molecule has 1 aliphatic heterocycles. The van der Waals surface area contributed by atoms with E-state index in [1.807, 2.05) is 20.8 Å². The van der Waals surface area contributed by atoms with Gasteiger partial charge in [-0.25, -0.2) is 9.59 Å². The fraction of sp³-hybridized carbons (Fsp3) is 0.483. The molecule has 0 unspecified atom stereocenters. The number of carbonyl (C=O) groups is 3. The van der Waals surface area contributed by atoms with Crippen molar-refractivity contribution in [2.24, 2.45) is 5.92 Å². The van der Waals surface area contributed by atoms with Crippen molar-refractivity contribution in [3.05, 3.63) is 53.6 Å². The summed E-state index contributed by atoms with van der Waals surface area (Å²) in [6, 6.07) is 7.59. The van der Waals surface area contributed by atoms with Crippen LogP contribution in [0, 0.1) is 5.92 Å². The number of likely N-dealkylation sites (N-methyl/N-ethyl adjacent to an activating group) is 1. The molecule has 1 heterocycles. The molecule has 0 radical (unpaired) electrons. The number of aliphatic hydroxyl groups excluding tert-OH is 1. The van der Waals surface area contributed by atoms with Crippen molar-refractivity contribution in [1.29, 1.82) is 0 Å². The predicted octanol–water partition coefficient (Wildman–Crippen LogP) is 4.55. The normalized spacial score (nSPS) is 18.1. The molecular weight excluding hydrogens is 555 g/mol. The summed E-state index contributed by atoms with van der Waals surface area (Å²) in [6.07, 6.45) is -5.13. The van der Waals surface area contributed by atoms with Gasteiger partial charge in [0.15, 0.2) is 0 Å². The van der Waals surface area contributed by atoms with Gasteiger partial charge in [-0.2, -0.15) is 13.2 Å². The molecule has 0 bridgehead atoms. The summed E-state index contributed by atoms with van der Waals surface area (Å²) < 4.78 is 45.0. The molecule has 42 heavy (non-hydrogen) atoms. The standard InChI is InChI=1S/C29H38F3N5O5/c1-17(2)33-27(40)34-23-10-11-24-20(12-23)13-26(39)37(19(4)16-38)14-18(3)25(42-24)15-36(5)28(41)35-22-8-6-21(7-9-22)29(30,31)32/h6-12,17-19,25,38H,13-16H2,1-5H3,(H,35,41)(H2,33,34,40)/t18-,19-,25-/m1/s1. The zero-order chi connectivity index (χ0) is 31.2. The third-order valence-corrected chi connectivity index (χ3v) is 6.86. The van der Waals surface area contributed by atoms with E-state index in [0.717, 1.165) is 12.1 Å². The van der Waals surface area contributed by atoms with E-state index in [1.165, 1.54) is 24.1 Å². The molecule has 0 fully saturated rings. The molecule has 0 spiro atoms. The molecule has 230 valence electrons. The number of amides is 5. The summed E-state index contributed by atoms with van der Waals surface area (Å²) in [5.74, 6) is -0.110. The van der Waals surface area contributed by atoms with Gasteiger partial charge in [-0.15, -0.1) is 0 Å². The van der Waals surface area contributed by atoms with Crippen LogP contribution in [0.2, 0.25) is 0 Å². The number of alkyl halides is 3. The largest absolute Gasteiger partial charge is 0.488 e. The maximum Gasteiger partial charge on any atom is 0.416 e. The molecule has 0 saturated carbocycles. The van der Waals surface area contributed by atoms with E-state index < -0.39 is 35.9 Å². The SMILES string of the molecule is CC(C)NC(=O)Nc1ccc2c(c1)CC(=O)N([C@H](C)CO)C[C@@H](C)[C@@H](CN(C)C(=O)Nc1ccc(C(F)(F)F)cc1)O2. The van der Waals surface area contributed by atoms with Crippen LogP contribution in [0.5, 0.6) is 5.75 Å². The molecule has 4 N–H and O–H groups in total. The van der Waals surface area contributed by atoms with Crippen molar-refractivity contribution >= 4 is 29.3 Å². The number of aliphatic hydroxyl groups is 1. The van der Waals surface area contributed by atoms with Gasteiger partial charge in [0.05, 0.1) is 31.2 Å². The minimum atomic E-state index is -4.49. The Morgan fingerprint density at radius 3 is 2.33 bits per heavy atom. The van der Waals surface area contributed by atoms with Gasteiger partial charge in [-0.05, 0) is 63.2 Å². The average Bonchev–Trinajstić information content (AvgIpc) is 2.95. The molecular formula is C29H38F3N5O5. The highest BCUT2D eigenvalue weighted by Gasteiger charge is 2.32. The number of nitrogens with zero attached hydrogens (tertiary/aromatic N) is 2. The third kappa shape index (κ3) is 8.75. The van der Waals surface area contributed by atoms with Crippen LogP contribution in [-0.4, -0.2) is 77.8 Å². The highest BCUT2D eigenvalue weighted by molar-refractivity contribution is 5.90. The number of anilines is 2.